The molecule has 0 aliphatic carbocycles. The minimum absolute atomic E-state index is 0.0313. The number of nitro groups is 1. The molecular weight excluding hydrogens is 380 g/mol. The van der Waals surface area contributed by atoms with E-state index in [-0.39, 0.29) is 11.6 Å². The van der Waals surface area contributed by atoms with Crippen molar-refractivity contribution in [3.05, 3.63) is 93.3 Å². The second kappa shape index (κ2) is 7.44. The third-order valence-electron chi connectivity index (χ3n) is 5.21. The molecule has 30 heavy (non-hydrogen) atoms. The van der Waals surface area contributed by atoms with E-state index in [4.69, 9.17) is 0 Å². The fraction of sp³-hybridized carbons (Fsp3) is 0.130. The Balaban J connectivity index is 1.67. The molecule has 2 aromatic carbocycles. The molecule has 7 nitrogen and oxygen atoms in total. The minimum Gasteiger partial charge on any atom is -0.317 e. The van der Waals surface area contributed by atoms with Gasteiger partial charge in [0.1, 0.15) is 0 Å². The van der Waals surface area contributed by atoms with E-state index in [1.807, 2.05) is 61.9 Å². The Morgan fingerprint density at radius 1 is 0.967 bits per heavy atom. The van der Waals surface area contributed by atoms with Gasteiger partial charge in [0.25, 0.3) is 11.6 Å². The van der Waals surface area contributed by atoms with Crippen molar-refractivity contribution >= 4 is 29.1 Å². The van der Waals surface area contributed by atoms with Crippen molar-refractivity contribution in [1.82, 2.24) is 4.57 Å². The van der Waals surface area contributed by atoms with E-state index in [2.05, 4.69) is 5.10 Å². The van der Waals surface area contributed by atoms with E-state index >= 15 is 0 Å². The topological polar surface area (TPSA) is 80.7 Å². The molecule has 3 aromatic rings. The van der Waals surface area contributed by atoms with Crippen LogP contribution in [0.15, 0.2) is 71.5 Å². The Kier molecular flexibility index (Phi) is 4.79. The number of non-ortho nitro benzene ring substituents is 1. The van der Waals surface area contributed by atoms with Gasteiger partial charge in [0.2, 0.25) is 0 Å². The number of amides is 1. The van der Waals surface area contributed by atoms with Crippen LogP contribution in [0.4, 0.5) is 11.4 Å². The number of hydrogen-bond donors (Lipinski definition) is 0. The lowest BCUT2D eigenvalue weighted by atomic mass is 10.1. The molecule has 0 spiro atoms. The normalized spacial score (nSPS) is 15.0. The number of aryl methyl sites for hydroxylation is 2. The highest BCUT2D eigenvalue weighted by molar-refractivity contribution is 6.32. The van der Waals surface area contributed by atoms with Crippen LogP contribution in [-0.2, 0) is 4.79 Å². The van der Waals surface area contributed by atoms with Crippen molar-refractivity contribution in [1.29, 1.82) is 0 Å². The summed E-state index contributed by atoms with van der Waals surface area (Å²) < 4.78 is 1.87. The number of benzene rings is 2. The number of aromatic nitrogens is 1. The fourth-order valence-electron chi connectivity index (χ4n) is 3.35. The first-order chi connectivity index (χ1) is 14.3. The van der Waals surface area contributed by atoms with Crippen LogP contribution < -0.4 is 5.01 Å². The van der Waals surface area contributed by atoms with E-state index in [9.17, 15) is 14.9 Å². The molecule has 0 fully saturated rings. The molecule has 0 bridgehead atoms. The molecule has 1 amide bonds. The predicted molar refractivity (Wildman–Crippen MR) is 117 cm³/mol. The van der Waals surface area contributed by atoms with Crippen LogP contribution in [0.2, 0.25) is 0 Å². The second-order valence-electron chi connectivity index (χ2n) is 7.21. The van der Waals surface area contributed by atoms with Crippen molar-refractivity contribution in [2.24, 2.45) is 5.10 Å². The van der Waals surface area contributed by atoms with Gasteiger partial charge in [0.15, 0.2) is 0 Å². The summed E-state index contributed by atoms with van der Waals surface area (Å²) in [5.41, 5.74) is 5.71. The summed E-state index contributed by atoms with van der Waals surface area (Å²) in [4.78, 5) is 23.5. The predicted octanol–water partition coefficient (Wildman–Crippen LogP) is 4.81. The van der Waals surface area contributed by atoms with E-state index in [1.54, 1.807) is 18.2 Å². The number of carbonyl (C=O) groups excluding carboxylic acids is 1. The lowest BCUT2D eigenvalue weighted by Gasteiger charge is -2.13. The average Bonchev–Trinajstić information content (AvgIpc) is 3.30. The van der Waals surface area contributed by atoms with Crippen LogP contribution >= 0.6 is 0 Å². The van der Waals surface area contributed by atoms with Gasteiger partial charge in [0, 0.05) is 29.7 Å². The highest BCUT2D eigenvalue weighted by atomic mass is 16.6. The van der Waals surface area contributed by atoms with Crippen molar-refractivity contribution < 1.29 is 9.72 Å². The summed E-state index contributed by atoms with van der Waals surface area (Å²) in [7, 11) is 0. The maximum atomic E-state index is 13.1. The molecule has 0 unspecified atom stereocenters. The van der Waals surface area contributed by atoms with Gasteiger partial charge in [-0.05, 0) is 74.4 Å². The van der Waals surface area contributed by atoms with Gasteiger partial charge < -0.3 is 4.57 Å². The average molecular weight is 400 g/mol. The van der Waals surface area contributed by atoms with Gasteiger partial charge in [0.05, 0.1) is 21.9 Å². The summed E-state index contributed by atoms with van der Waals surface area (Å²) >= 11 is 0. The molecule has 0 N–H and O–H groups in total. The summed E-state index contributed by atoms with van der Waals surface area (Å²) in [5.74, 6) is -0.188. The zero-order valence-electron chi connectivity index (χ0n) is 16.9. The van der Waals surface area contributed by atoms with E-state index in [0.717, 1.165) is 28.2 Å². The van der Waals surface area contributed by atoms with Crippen LogP contribution in [0.1, 0.15) is 23.7 Å². The lowest BCUT2D eigenvalue weighted by Crippen LogP contribution is -2.21. The first-order valence-corrected chi connectivity index (χ1v) is 9.46. The van der Waals surface area contributed by atoms with Gasteiger partial charge >= 0.3 is 0 Å². The molecule has 0 saturated heterocycles. The molecule has 150 valence electrons. The molecule has 1 aliphatic heterocycles. The van der Waals surface area contributed by atoms with Gasteiger partial charge in [-0.3, -0.25) is 14.9 Å². The smallest absolute Gasteiger partial charge is 0.280 e. The lowest BCUT2D eigenvalue weighted by molar-refractivity contribution is -0.384. The summed E-state index contributed by atoms with van der Waals surface area (Å²) in [6.07, 6.45) is 3.64. The van der Waals surface area contributed by atoms with E-state index in [0.29, 0.717) is 11.3 Å². The van der Waals surface area contributed by atoms with Crippen LogP contribution in [0.25, 0.3) is 11.8 Å². The molecule has 0 saturated carbocycles. The van der Waals surface area contributed by atoms with Crippen molar-refractivity contribution in [2.75, 3.05) is 5.01 Å². The third kappa shape index (κ3) is 3.41. The first kappa shape index (κ1) is 19.3. The Hall–Kier alpha value is -4.00. The van der Waals surface area contributed by atoms with Crippen molar-refractivity contribution in [3.8, 4) is 5.69 Å². The first-order valence-electron chi connectivity index (χ1n) is 9.46. The molecule has 1 aromatic heterocycles. The number of carbonyl (C=O) groups is 1. The SMILES string of the molecule is CC1=NN(c2ccc(C)c(C)c2)C(=O)/C1=C\c1cccn1-c1ccc([N+](=O)[O-])cc1. The van der Waals surface area contributed by atoms with Crippen LogP contribution in [0.3, 0.4) is 0 Å². The summed E-state index contributed by atoms with van der Waals surface area (Å²) in [5, 5.41) is 16.8. The monoisotopic (exact) mass is 400 g/mol. The fourth-order valence-corrected chi connectivity index (χ4v) is 3.35. The Morgan fingerprint density at radius 2 is 1.67 bits per heavy atom. The van der Waals surface area contributed by atoms with Gasteiger partial charge in [-0.25, -0.2) is 0 Å². The molecular formula is C23H20N4O3. The van der Waals surface area contributed by atoms with Gasteiger partial charge in [-0.15, -0.1) is 0 Å². The summed E-state index contributed by atoms with van der Waals surface area (Å²) in [6.45, 7) is 5.84. The number of nitro benzene ring substituents is 1. The minimum atomic E-state index is -0.430. The maximum absolute atomic E-state index is 13.1. The molecule has 7 heteroatoms. The zero-order valence-corrected chi connectivity index (χ0v) is 16.9. The van der Waals surface area contributed by atoms with E-state index in [1.165, 1.54) is 17.1 Å². The zero-order chi connectivity index (χ0) is 21.4. The third-order valence-corrected chi connectivity index (χ3v) is 5.21. The molecule has 0 atom stereocenters. The molecule has 4 rings (SSSR count). The van der Waals surface area contributed by atoms with Crippen molar-refractivity contribution in [2.45, 2.75) is 20.8 Å². The Bertz CT molecular complexity index is 1220. The Labute approximate surface area is 173 Å². The maximum Gasteiger partial charge on any atom is 0.280 e. The summed E-state index contributed by atoms with van der Waals surface area (Å²) in [6, 6.07) is 15.8. The van der Waals surface area contributed by atoms with Crippen molar-refractivity contribution in [3.63, 3.8) is 0 Å². The highest BCUT2D eigenvalue weighted by Crippen LogP contribution is 2.27. The van der Waals surface area contributed by atoms with Crippen LogP contribution in [-0.4, -0.2) is 21.1 Å². The Morgan fingerprint density at radius 3 is 2.33 bits per heavy atom. The largest absolute Gasteiger partial charge is 0.317 e. The van der Waals surface area contributed by atoms with Gasteiger partial charge in [-0.1, -0.05) is 6.07 Å². The van der Waals surface area contributed by atoms with Gasteiger partial charge in [-0.2, -0.15) is 10.1 Å². The van der Waals surface area contributed by atoms with Crippen LogP contribution in [0.5, 0.6) is 0 Å². The van der Waals surface area contributed by atoms with Crippen LogP contribution in [0, 0.1) is 24.0 Å². The molecule has 1 aliphatic rings. The number of anilines is 1. The number of hydrazone groups is 1. The quantitative estimate of drug-likeness (QED) is 0.358. The number of nitrogens with zero attached hydrogens (tertiary/aromatic N) is 4. The molecule has 2 heterocycles. The van der Waals surface area contributed by atoms with E-state index < -0.39 is 4.92 Å². The highest BCUT2D eigenvalue weighted by Gasteiger charge is 2.29. The molecule has 0 radical (unpaired) electrons. The number of rotatable bonds is 4. The second-order valence-corrected chi connectivity index (χ2v) is 7.21. The standard InChI is InChI=1S/C23H20N4O3/c1-15-6-7-21(13-16(15)2)26-23(28)22(17(3)24-26)14-20-5-4-12-25(20)18-8-10-19(11-9-18)27(29)30/h4-14H,1-3H3/b22-14-. The number of hydrogen-bond acceptors (Lipinski definition) is 4.